The zero-order valence-corrected chi connectivity index (χ0v) is 11.9. The van der Waals surface area contributed by atoms with E-state index in [1.807, 2.05) is 42.1 Å². The van der Waals surface area contributed by atoms with Crippen LogP contribution in [0.15, 0.2) is 42.9 Å². The lowest BCUT2D eigenvalue weighted by Gasteiger charge is -2.08. The molecular weight excluding hydrogens is 272 g/mol. The maximum absolute atomic E-state index is 6.19. The van der Waals surface area contributed by atoms with Crippen LogP contribution in [0.25, 0.3) is 10.9 Å². The third-order valence-electron chi connectivity index (χ3n) is 3.32. The van der Waals surface area contributed by atoms with Gasteiger partial charge in [0.2, 0.25) is 0 Å². The molecule has 1 aromatic carbocycles. The van der Waals surface area contributed by atoms with Gasteiger partial charge in [-0.3, -0.25) is 4.98 Å². The topological polar surface area (TPSA) is 42.7 Å². The number of nitrogens with zero attached hydrogens (tertiary/aromatic N) is 3. The van der Waals surface area contributed by atoms with E-state index in [1.165, 1.54) is 0 Å². The molecule has 3 rings (SSSR count). The van der Waals surface area contributed by atoms with Gasteiger partial charge in [0.05, 0.1) is 12.1 Å². The van der Waals surface area contributed by atoms with E-state index in [0.717, 1.165) is 40.4 Å². The van der Waals surface area contributed by atoms with E-state index in [4.69, 9.17) is 11.6 Å². The fourth-order valence-electron chi connectivity index (χ4n) is 2.21. The number of hydrogen-bond donors (Lipinski definition) is 1. The number of benzene rings is 1. The number of aromatic nitrogens is 3. The highest BCUT2D eigenvalue weighted by molar-refractivity contribution is 6.35. The molecule has 20 heavy (non-hydrogen) atoms. The van der Waals surface area contributed by atoms with Crippen molar-refractivity contribution in [2.24, 2.45) is 7.05 Å². The first-order valence-electron chi connectivity index (χ1n) is 6.45. The second-order valence-corrected chi connectivity index (χ2v) is 5.07. The summed E-state index contributed by atoms with van der Waals surface area (Å²) in [5.74, 6) is 1.01. The van der Waals surface area contributed by atoms with Crippen LogP contribution in [-0.4, -0.2) is 14.5 Å². The lowest BCUT2D eigenvalue weighted by Crippen LogP contribution is -2.16. The lowest BCUT2D eigenvalue weighted by atomic mass is 10.1. The van der Waals surface area contributed by atoms with Crippen molar-refractivity contribution in [2.75, 3.05) is 0 Å². The van der Waals surface area contributed by atoms with Gasteiger partial charge >= 0.3 is 0 Å². The zero-order valence-electron chi connectivity index (χ0n) is 11.2. The predicted octanol–water partition coefficient (Wildman–Crippen LogP) is 2.91. The minimum Gasteiger partial charge on any atom is -0.337 e. The number of fused-ring (bicyclic) bond motifs is 1. The Morgan fingerprint density at radius 2 is 2.05 bits per heavy atom. The number of hydrogen-bond acceptors (Lipinski definition) is 3. The Hall–Kier alpha value is -1.91. The third kappa shape index (κ3) is 2.53. The molecule has 4 nitrogen and oxygen atoms in total. The van der Waals surface area contributed by atoms with Gasteiger partial charge in [0.15, 0.2) is 0 Å². The van der Waals surface area contributed by atoms with Crippen molar-refractivity contribution in [2.45, 2.75) is 13.1 Å². The Labute approximate surface area is 122 Å². The Balaban J connectivity index is 1.78. The summed E-state index contributed by atoms with van der Waals surface area (Å²) in [6.45, 7) is 1.46. The fraction of sp³-hybridized carbons (Fsp3) is 0.200. The van der Waals surface area contributed by atoms with Gasteiger partial charge in [-0.1, -0.05) is 17.7 Å². The van der Waals surface area contributed by atoms with Crippen LogP contribution in [0.3, 0.4) is 0 Å². The molecule has 0 aliphatic carbocycles. The highest BCUT2D eigenvalue weighted by Crippen LogP contribution is 2.24. The number of aryl methyl sites for hydroxylation is 1. The standard InChI is InChI=1S/C15H15ClN4/c1-20-8-7-18-14(20)10-17-9-11-4-5-13(16)12-3-2-6-19-15(11)12/h2-8,17H,9-10H2,1H3. The number of rotatable bonds is 4. The van der Waals surface area contributed by atoms with Crippen LogP contribution in [0.4, 0.5) is 0 Å². The van der Waals surface area contributed by atoms with Crippen LogP contribution in [0.5, 0.6) is 0 Å². The first-order valence-corrected chi connectivity index (χ1v) is 6.82. The Morgan fingerprint density at radius 3 is 2.85 bits per heavy atom. The van der Waals surface area contributed by atoms with Crippen LogP contribution in [0.2, 0.25) is 5.02 Å². The average molecular weight is 287 g/mol. The number of pyridine rings is 1. The van der Waals surface area contributed by atoms with Gasteiger partial charge in [-0.05, 0) is 23.8 Å². The first-order chi connectivity index (χ1) is 9.75. The van der Waals surface area contributed by atoms with E-state index in [-0.39, 0.29) is 0 Å². The van der Waals surface area contributed by atoms with Crippen molar-refractivity contribution in [1.82, 2.24) is 19.9 Å². The van der Waals surface area contributed by atoms with E-state index >= 15 is 0 Å². The second-order valence-electron chi connectivity index (χ2n) is 4.66. The summed E-state index contributed by atoms with van der Waals surface area (Å²) in [5.41, 5.74) is 2.09. The maximum atomic E-state index is 6.19. The molecule has 0 aliphatic rings. The van der Waals surface area contributed by atoms with Gasteiger partial charge in [-0.2, -0.15) is 0 Å². The highest BCUT2D eigenvalue weighted by Gasteiger charge is 2.06. The van der Waals surface area contributed by atoms with E-state index in [9.17, 15) is 0 Å². The van der Waals surface area contributed by atoms with Gasteiger partial charge in [-0.15, -0.1) is 0 Å². The number of halogens is 1. The molecule has 0 saturated carbocycles. The van der Waals surface area contributed by atoms with Gasteiger partial charge in [0, 0.05) is 42.6 Å². The van der Waals surface area contributed by atoms with Crippen molar-refractivity contribution < 1.29 is 0 Å². The molecular formula is C15H15ClN4. The van der Waals surface area contributed by atoms with Crippen LogP contribution in [0, 0.1) is 0 Å². The summed E-state index contributed by atoms with van der Waals surface area (Å²) < 4.78 is 2.01. The Morgan fingerprint density at radius 1 is 1.15 bits per heavy atom. The Bertz CT molecular complexity index is 736. The third-order valence-corrected chi connectivity index (χ3v) is 3.65. The van der Waals surface area contributed by atoms with Crippen molar-refractivity contribution in [1.29, 1.82) is 0 Å². The van der Waals surface area contributed by atoms with Crippen LogP contribution < -0.4 is 5.32 Å². The molecule has 0 aliphatic heterocycles. The van der Waals surface area contributed by atoms with Crippen molar-refractivity contribution in [3.05, 3.63) is 59.3 Å². The second kappa shape index (κ2) is 5.61. The highest BCUT2D eigenvalue weighted by atomic mass is 35.5. The largest absolute Gasteiger partial charge is 0.337 e. The quantitative estimate of drug-likeness (QED) is 0.802. The minimum atomic E-state index is 0.723. The fourth-order valence-corrected chi connectivity index (χ4v) is 2.43. The van der Waals surface area contributed by atoms with Gasteiger partial charge in [0.25, 0.3) is 0 Å². The van der Waals surface area contributed by atoms with E-state index in [1.54, 1.807) is 12.4 Å². The normalized spacial score (nSPS) is 11.1. The summed E-state index contributed by atoms with van der Waals surface area (Å²) in [7, 11) is 1.99. The summed E-state index contributed by atoms with van der Waals surface area (Å²) in [5, 5.41) is 5.12. The zero-order chi connectivity index (χ0) is 13.9. The number of nitrogens with one attached hydrogen (secondary N) is 1. The summed E-state index contributed by atoms with van der Waals surface area (Å²) in [6.07, 6.45) is 5.54. The molecule has 1 N–H and O–H groups in total. The maximum Gasteiger partial charge on any atom is 0.122 e. The van der Waals surface area contributed by atoms with Gasteiger partial charge in [0.1, 0.15) is 5.82 Å². The number of imidazole rings is 1. The monoisotopic (exact) mass is 286 g/mol. The molecule has 0 bridgehead atoms. The van der Waals surface area contributed by atoms with Crippen molar-refractivity contribution in [3.63, 3.8) is 0 Å². The Kier molecular flexibility index (Phi) is 3.67. The molecule has 0 atom stereocenters. The molecule has 2 aromatic heterocycles. The molecule has 0 amide bonds. The molecule has 0 radical (unpaired) electrons. The van der Waals surface area contributed by atoms with Crippen LogP contribution >= 0.6 is 11.6 Å². The SMILES string of the molecule is Cn1ccnc1CNCc1ccc(Cl)c2cccnc12. The molecule has 5 heteroatoms. The van der Waals surface area contributed by atoms with E-state index in [0.29, 0.717) is 0 Å². The molecule has 0 spiro atoms. The predicted molar refractivity (Wildman–Crippen MR) is 80.5 cm³/mol. The first kappa shape index (κ1) is 13.1. The average Bonchev–Trinajstić information content (AvgIpc) is 2.87. The minimum absolute atomic E-state index is 0.723. The molecule has 2 heterocycles. The summed E-state index contributed by atoms with van der Waals surface area (Å²) in [4.78, 5) is 8.72. The van der Waals surface area contributed by atoms with Gasteiger partial charge in [-0.25, -0.2) is 4.98 Å². The molecule has 0 unspecified atom stereocenters. The van der Waals surface area contributed by atoms with Crippen molar-refractivity contribution in [3.8, 4) is 0 Å². The molecule has 0 fully saturated rings. The molecule has 3 aromatic rings. The molecule has 0 saturated heterocycles. The van der Waals surface area contributed by atoms with E-state index in [2.05, 4.69) is 15.3 Å². The van der Waals surface area contributed by atoms with Gasteiger partial charge < -0.3 is 9.88 Å². The summed E-state index contributed by atoms with van der Waals surface area (Å²) >= 11 is 6.19. The summed E-state index contributed by atoms with van der Waals surface area (Å²) in [6, 6.07) is 7.83. The van der Waals surface area contributed by atoms with E-state index < -0.39 is 0 Å². The lowest BCUT2D eigenvalue weighted by molar-refractivity contribution is 0.640. The smallest absolute Gasteiger partial charge is 0.122 e. The van der Waals surface area contributed by atoms with Crippen molar-refractivity contribution >= 4 is 22.5 Å². The van der Waals surface area contributed by atoms with Crippen LogP contribution in [0.1, 0.15) is 11.4 Å². The molecule has 102 valence electrons. The van der Waals surface area contributed by atoms with Crippen LogP contribution in [-0.2, 0) is 20.1 Å².